The van der Waals surface area contributed by atoms with Gasteiger partial charge in [0.15, 0.2) is 23.1 Å². The largest absolute Gasteiger partial charge is 0.294 e. The maximum Gasteiger partial charge on any atom is 0.184 e. The van der Waals surface area contributed by atoms with Crippen LogP contribution in [0.1, 0.15) is 40.5 Å². The Bertz CT molecular complexity index is 840. The van der Waals surface area contributed by atoms with Crippen LogP contribution in [0.25, 0.3) is 0 Å². The highest BCUT2D eigenvalue weighted by Gasteiger charge is 2.38. The van der Waals surface area contributed by atoms with Crippen molar-refractivity contribution in [2.24, 2.45) is 5.41 Å². The smallest absolute Gasteiger partial charge is 0.184 e. The Hall–Kier alpha value is -2.88. The Labute approximate surface area is 159 Å². The first-order valence-corrected chi connectivity index (χ1v) is 8.76. The standard InChI is InChI=1S/C23H24O4/c1-13(2)21(26)15-7-9-17(19(24)11-15)23(5,6)18-10-8-16(12-20(18)25)22(27)14(3)4/h7-10H,1,3,11-12H2,2,4-6H3. The number of Topliss-reactive ketones (excluding diaryl/α,β-unsaturated/α-hetero) is 4. The number of ketones is 4. The molecular weight excluding hydrogens is 340 g/mol. The van der Waals surface area contributed by atoms with Crippen molar-refractivity contribution in [3.8, 4) is 0 Å². The summed E-state index contributed by atoms with van der Waals surface area (Å²) in [5, 5.41) is 0. The van der Waals surface area contributed by atoms with Gasteiger partial charge >= 0.3 is 0 Å². The average Bonchev–Trinajstić information content (AvgIpc) is 2.59. The summed E-state index contributed by atoms with van der Waals surface area (Å²) >= 11 is 0. The second-order valence-electron chi connectivity index (χ2n) is 7.59. The minimum atomic E-state index is -0.823. The third-order valence-electron chi connectivity index (χ3n) is 4.91. The second-order valence-corrected chi connectivity index (χ2v) is 7.59. The highest BCUT2D eigenvalue weighted by atomic mass is 16.1. The van der Waals surface area contributed by atoms with E-state index in [2.05, 4.69) is 13.2 Å². The van der Waals surface area contributed by atoms with Gasteiger partial charge in [-0.25, -0.2) is 0 Å². The average molecular weight is 364 g/mol. The highest BCUT2D eigenvalue weighted by Crippen LogP contribution is 2.41. The van der Waals surface area contributed by atoms with Crippen molar-refractivity contribution in [3.63, 3.8) is 0 Å². The topological polar surface area (TPSA) is 68.3 Å². The van der Waals surface area contributed by atoms with Gasteiger partial charge in [-0.3, -0.25) is 19.2 Å². The Morgan fingerprint density at radius 2 is 1.11 bits per heavy atom. The summed E-state index contributed by atoms with van der Waals surface area (Å²) in [4.78, 5) is 49.5. The molecule has 0 saturated heterocycles. The van der Waals surface area contributed by atoms with Gasteiger partial charge in [0, 0.05) is 40.5 Å². The maximum absolute atomic E-state index is 12.7. The molecule has 0 amide bonds. The zero-order chi connectivity index (χ0) is 20.5. The van der Waals surface area contributed by atoms with Crippen molar-refractivity contribution >= 4 is 23.1 Å². The van der Waals surface area contributed by atoms with Gasteiger partial charge in [-0.05, 0) is 25.0 Å². The van der Waals surface area contributed by atoms with Gasteiger partial charge in [0.25, 0.3) is 0 Å². The number of hydrogen-bond acceptors (Lipinski definition) is 4. The van der Waals surface area contributed by atoms with E-state index in [1.54, 1.807) is 52.0 Å². The van der Waals surface area contributed by atoms with E-state index in [-0.39, 0.29) is 36.0 Å². The van der Waals surface area contributed by atoms with Gasteiger partial charge in [-0.2, -0.15) is 0 Å². The molecule has 0 spiro atoms. The minimum absolute atomic E-state index is 0.00232. The lowest BCUT2D eigenvalue weighted by molar-refractivity contribution is -0.119. The molecule has 0 saturated carbocycles. The van der Waals surface area contributed by atoms with Crippen molar-refractivity contribution < 1.29 is 19.2 Å². The molecule has 4 nitrogen and oxygen atoms in total. The molecule has 0 N–H and O–H groups in total. The predicted molar refractivity (Wildman–Crippen MR) is 105 cm³/mol. The lowest BCUT2D eigenvalue weighted by atomic mass is 9.69. The molecule has 140 valence electrons. The van der Waals surface area contributed by atoms with Crippen LogP contribution in [0.15, 0.2) is 70.9 Å². The Kier molecular flexibility index (Phi) is 5.59. The van der Waals surface area contributed by atoms with Crippen molar-refractivity contribution in [3.05, 3.63) is 70.9 Å². The first kappa shape index (κ1) is 20.4. The third-order valence-corrected chi connectivity index (χ3v) is 4.91. The number of carbonyl (C=O) groups excluding carboxylic acids is 4. The molecule has 0 fully saturated rings. The zero-order valence-corrected chi connectivity index (χ0v) is 16.3. The lowest BCUT2D eigenvalue weighted by Gasteiger charge is -2.32. The highest BCUT2D eigenvalue weighted by molar-refractivity contribution is 6.16. The third kappa shape index (κ3) is 3.95. The Morgan fingerprint density at radius 3 is 1.37 bits per heavy atom. The predicted octanol–water partition coefficient (Wildman–Crippen LogP) is 3.95. The van der Waals surface area contributed by atoms with Crippen LogP contribution in [0.3, 0.4) is 0 Å². The monoisotopic (exact) mass is 364 g/mol. The quantitative estimate of drug-likeness (QED) is 0.669. The molecule has 4 heteroatoms. The van der Waals surface area contributed by atoms with E-state index in [1.807, 2.05) is 0 Å². The fourth-order valence-corrected chi connectivity index (χ4v) is 3.33. The van der Waals surface area contributed by atoms with Crippen molar-refractivity contribution in [1.29, 1.82) is 0 Å². The molecule has 0 radical (unpaired) electrons. The molecule has 0 unspecified atom stereocenters. The molecular formula is C23H24O4. The van der Waals surface area contributed by atoms with E-state index in [9.17, 15) is 19.2 Å². The summed E-state index contributed by atoms with van der Waals surface area (Å²) < 4.78 is 0. The van der Waals surface area contributed by atoms with E-state index in [0.29, 0.717) is 33.4 Å². The molecule has 0 bridgehead atoms. The number of carbonyl (C=O) groups is 4. The zero-order valence-electron chi connectivity index (χ0n) is 16.3. The summed E-state index contributed by atoms with van der Waals surface area (Å²) in [6.07, 6.45) is 6.50. The molecule has 0 atom stereocenters. The van der Waals surface area contributed by atoms with Crippen LogP contribution in [-0.2, 0) is 19.2 Å². The number of hydrogen-bond donors (Lipinski definition) is 0. The SMILES string of the molecule is C=C(C)C(=O)C1=CC=C(C(C)(C)C2=CC=C(C(=O)C(=C)C)CC2=O)C(=O)C1. The van der Waals surface area contributed by atoms with Gasteiger partial charge in [-0.15, -0.1) is 0 Å². The fourth-order valence-electron chi connectivity index (χ4n) is 3.33. The van der Waals surface area contributed by atoms with Crippen molar-refractivity contribution in [1.82, 2.24) is 0 Å². The molecule has 2 rings (SSSR count). The van der Waals surface area contributed by atoms with Gasteiger partial charge in [0.2, 0.25) is 0 Å². The molecule has 0 aliphatic heterocycles. The normalized spacial score (nSPS) is 17.5. The molecule has 0 heterocycles. The van der Waals surface area contributed by atoms with Crippen LogP contribution >= 0.6 is 0 Å². The summed E-state index contributed by atoms with van der Waals surface area (Å²) in [5.74, 6) is -0.826. The summed E-state index contributed by atoms with van der Waals surface area (Å²) in [6.45, 7) is 14.1. The van der Waals surface area contributed by atoms with E-state index in [1.165, 1.54) is 0 Å². The van der Waals surface area contributed by atoms with E-state index in [4.69, 9.17) is 0 Å². The van der Waals surface area contributed by atoms with Crippen LogP contribution in [0, 0.1) is 5.41 Å². The van der Waals surface area contributed by atoms with Crippen LogP contribution in [-0.4, -0.2) is 23.1 Å². The number of rotatable bonds is 6. The fraction of sp³-hybridized carbons (Fsp3) is 0.304. The van der Waals surface area contributed by atoms with Crippen LogP contribution in [0.4, 0.5) is 0 Å². The Morgan fingerprint density at radius 1 is 0.778 bits per heavy atom. The van der Waals surface area contributed by atoms with Crippen molar-refractivity contribution in [2.75, 3.05) is 0 Å². The summed E-state index contributed by atoms with van der Waals surface area (Å²) in [6, 6.07) is 0. The molecule has 2 aliphatic carbocycles. The van der Waals surface area contributed by atoms with Gasteiger partial charge < -0.3 is 0 Å². The lowest BCUT2D eigenvalue weighted by Crippen LogP contribution is -2.31. The molecule has 0 aromatic heterocycles. The second kappa shape index (κ2) is 7.39. The summed E-state index contributed by atoms with van der Waals surface area (Å²) in [5.41, 5.74) is 1.71. The van der Waals surface area contributed by atoms with Gasteiger partial charge in [0.1, 0.15) is 0 Å². The van der Waals surface area contributed by atoms with E-state index >= 15 is 0 Å². The van der Waals surface area contributed by atoms with Gasteiger partial charge in [0.05, 0.1) is 0 Å². The molecule has 2 aliphatic rings. The van der Waals surface area contributed by atoms with Crippen molar-refractivity contribution in [2.45, 2.75) is 40.5 Å². The summed E-state index contributed by atoms with van der Waals surface area (Å²) in [7, 11) is 0. The maximum atomic E-state index is 12.7. The Balaban J connectivity index is 2.41. The van der Waals surface area contributed by atoms with E-state index in [0.717, 1.165) is 0 Å². The minimum Gasteiger partial charge on any atom is -0.294 e. The van der Waals surface area contributed by atoms with Gasteiger partial charge in [-0.1, -0.05) is 51.3 Å². The van der Waals surface area contributed by atoms with Crippen LogP contribution in [0.5, 0.6) is 0 Å². The molecule has 0 aromatic rings. The first-order valence-electron chi connectivity index (χ1n) is 8.76. The van der Waals surface area contributed by atoms with E-state index < -0.39 is 5.41 Å². The van der Waals surface area contributed by atoms with Crippen LogP contribution in [0.2, 0.25) is 0 Å². The molecule has 0 aromatic carbocycles. The van der Waals surface area contributed by atoms with Crippen LogP contribution < -0.4 is 0 Å². The first-order chi connectivity index (χ1) is 12.5. The molecule has 27 heavy (non-hydrogen) atoms. The number of allylic oxidation sites excluding steroid dienone is 10.